The van der Waals surface area contributed by atoms with Crippen LogP contribution < -0.4 is 4.72 Å². The van der Waals surface area contributed by atoms with Gasteiger partial charge in [-0.1, -0.05) is 30.1 Å². The van der Waals surface area contributed by atoms with Crippen molar-refractivity contribution in [1.82, 2.24) is 9.71 Å². The van der Waals surface area contributed by atoms with Crippen LogP contribution in [0.15, 0.2) is 17.2 Å². The third-order valence-electron chi connectivity index (χ3n) is 2.12. The maximum atomic E-state index is 11.9. The van der Waals surface area contributed by atoms with E-state index < -0.39 is 16.1 Å². The molecule has 1 atom stereocenters. The third-order valence-corrected chi connectivity index (χ3v) is 4.29. The molecule has 0 spiro atoms. The van der Waals surface area contributed by atoms with Crippen LogP contribution in [-0.4, -0.2) is 31.2 Å². The lowest BCUT2D eigenvalue weighted by Crippen LogP contribution is -2.36. The van der Waals surface area contributed by atoms with Gasteiger partial charge in [0.25, 0.3) is 0 Å². The first-order chi connectivity index (χ1) is 7.90. The average molecular weight is 299 g/mol. The van der Waals surface area contributed by atoms with Crippen molar-refractivity contribution in [2.45, 2.75) is 24.3 Å². The highest BCUT2D eigenvalue weighted by Crippen LogP contribution is 2.22. The predicted octanol–water partition coefficient (Wildman–Crippen LogP) is 1.44. The standard InChI is InChI=1S/C9H12Cl2N2O3S/c1-2-6(5-14)13-17(15,16)7-3-8(10)9(11)12-4-7/h3-4,6,13-14H,2,5H2,1H3. The maximum Gasteiger partial charge on any atom is 0.242 e. The Morgan fingerprint density at radius 1 is 1.53 bits per heavy atom. The first kappa shape index (κ1) is 14.7. The quantitative estimate of drug-likeness (QED) is 0.806. The van der Waals surface area contributed by atoms with Gasteiger partial charge in [-0.25, -0.2) is 18.1 Å². The number of nitrogens with one attached hydrogen (secondary N) is 1. The van der Waals surface area contributed by atoms with Crippen molar-refractivity contribution in [3.63, 3.8) is 0 Å². The molecule has 5 nitrogen and oxygen atoms in total. The van der Waals surface area contributed by atoms with Crippen LogP contribution in [0.1, 0.15) is 13.3 Å². The average Bonchev–Trinajstić information content (AvgIpc) is 2.29. The lowest BCUT2D eigenvalue weighted by Gasteiger charge is -2.14. The van der Waals surface area contributed by atoms with E-state index in [-0.39, 0.29) is 21.7 Å². The minimum absolute atomic E-state index is 0.0415. The van der Waals surface area contributed by atoms with E-state index in [1.165, 1.54) is 6.07 Å². The number of aromatic nitrogens is 1. The number of halogens is 2. The summed E-state index contributed by atoms with van der Waals surface area (Å²) in [6.45, 7) is 1.49. The minimum Gasteiger partial charge on any atom is -0.395 e. The van der Waals surface area contributed by atoms with Crippen molar-refractivity contribution in [2.75, 3.05) is 6.61 Å². The van der Waals surface area contributed by atoms with Gasteiger partial charge in [-0.15, -0.1) is 0 Å². The van der Waals surface area contributed by atoms with Crippen LogP contribution in [0.3, 0.4) is 0 Å². The highest BCUT2D eigenvalue weighted by molar-refractivity contribution is 7.89. The molecule has 0 fully saturated rings. The largest absolute Gasteiger partial charge is 0.395 e. The van der Waals surface area contributed by atoms with Crippen LogP contribution >= 0.6 is 23.2 Å². The number of rotatable bonds is 5. The molecular weight excluding hydrogens is 287 g/mol. The lowest BCUT2D eigenvalue weighted by molar-refractivity contribution is 0.254. The van der Waals surface area contributed by atoms with E-state index in [2.05, 4.69) is 9.71 Å². The van der Waals surface area contributed by atoms with Crippen LogP contribution in [0, 0.1) is 0 Å². The third kappa shape index (κ3) is 3.79. The van der Waals surface area contributed by atoms with Gasteiger partial charge in [-0.3, -0.25) is 0 Å². The molecule has 0 saturated heterocycles. The molecule has 8 heteroatoms. The number of hydrogen-bond acceptors (Lipinski definition) is 4. The van der Waals surface area contributed by atoms with Crippen molar-refractivity contribution in [3.8, 4) is 0 Å². The monoisotopic (exact) mass is 298 g/mol. The van der Waals surface area contributed by atoms with E-state index in [4.69, 9.17) is 28.3 Å². The molecule has 96 valence electrons. The molecule has 1 rings (SSSR count). The molecule has 0 aromatic carbocycles. The number of aliphatic hydroxyl groups is 1. The van der Waals surface area contributed by atoms with Crippen LogP contribution in [-0.2, 0) is 10.0 Å². The predicted molar refractivity (Wildman–Crippen MR) is 65.7 cm³/mol. The van der Waals surface area contributed by atoms with Crippen molar-refractivity contribution in [2.24, 2.45) is 0 Å². The molecule has 0 aliphatic carbocycles. The van der Waals surface area contributed by atoms with Crippen molar-refractivity contribution >= 4 is 33.2 Å². The maximum absolute atomic E-state index is 11.9. The van der Waals surface area contributed by atoms with Crippen LogP contribution in [0.4, 0.5) is 0 Å². The second kappa shape index (κ2) is 5.97. The summed E-state index contributed by atoms with van der Waals surface area (Å²) >= 11 is 11.3. The highest BCUT2D eigenvalue weighted by Gasteiger charge is 2.19. The van der Waals surface area contributed by atoms with E-state index >= 15 is 0 Å². The molecule has 0 aliphatic heterocycles. The molecule has 0 bridgehead atoms. The molecule has 17 heavy (non-hydrogen) atoms. The summed E-state index contributed by atoms with van der Waals surface area (Å²) in [5.41, 5.74) is 0. The lowest BCUT2D eigenvalue weighted by atomic mass is 10.3. The fraction of sp³-hybridized carbons (Fsp3) is 0.444. The Kier molecular flexibility index (Phi) is 5.15. The summed E-state index contributed by atoms with van der Waals surface area (Å²) in [6, 6.07) is 0.679. The van der Waals surface area contributed by atoms with Crippen LogP contribution in [0.2, 0.25) is 10.2 Å². The van der Waals surface area contributed by atoms with Gasteiger partial charge in [0.2, 0.25) is 10.0 Å². The molecule has 0 aliphatic rings. The summed E-state index contributed by atoms with van der Waals surface area (Å²) in [7, 11) is -3.74. The zero-order valence-corrected chi connectivity index (χ0v) is 11.3. The second-order valence-electron chi connectivity index (χ2n) is 3.35. The number of aliphatic hydroxyl groups excluding tert-OH is 1. The van der Waals surface area contributed by atoms with Gasteiger partial charge in [0, 0.05) is 12.2 Å². The fourth-order valence-corrected chi connectivity index (χ4v) is 2.70. The van der Waals surface area contributed by atoms with Gasteiger partial charge < -0.3 is 5.11 Å². The summed E-state index contributed by atoms with van der Waals surface area (Å²) in [5.74, 6) is 0. The number of nitrogens with zero attached hydrogens (tertiary/aromatic N) is 1. The summed E-state index contributed by atoms with van der Waals surface area (Å²) in [5, 5.41) is 9.05. The topological polar surface area (TPSA) is 79.3 Å². The van der Waals surface area contributed by atoms with Gasteiger partial charge in [0.15, 0.2) is 0 Å². The zero-order valence-electron chi connectivity index (χ0n) is 9.02. The minimum atomic E-state index is -3.74. The summed E-state index contributed by atoms with van der Waals surface area (Å²) in [4.78, 5) is 3.57. The molecule has 2 N–H and O–H groups in total. The van der Waals surface area contributed by atoms with Gasteiger partial charge in [0.05, 0.1) is 11.6 Å². The van der Waals surface area contributed by atoms with E-state index in [1.807, 2.05) is 0 Å². The molecule has 0 amide bonds. The second-order valence-corrected chi connectivity index (χ2v) is 5.83. The Hall–Kier alpha value is -0.400. The molecule has 1 aromatic rings. The van der Waals surface area contributed by atoms with Crippen molar-refractivity contribution in [1.29, 1.82) is 0 Å². The molecule has 1 aromatic heterocycles. The van der Waals surface area contributed by atoms with Gasteiger partial charge >= 0.3 is 0 Å². The van der Waals surface area contributed by atoms with Crippen molar-refractivity contribution in [3.05, 3.63) is 22.4 Å². The zero-order chi connectivity index (χ0) is 13.1. The summed E-state index contributed by atoms with van der Waals surface area (Å²) in [6.07, 6.45) is 1.59. The SMILES string of the molecule is CCC(CO)NS(=O)(=O)c1cnc(Cl)c(Cl)c1. The molecule has 0 radical (unpaired) electrons. The van der Waals surface area contributed by atoms with Gasteiger partial charge in [-0.2, -0.15) is 0 Å². The fourth-order valence-electron chi connectivity index (χ4n) is 1.09. The van der Waals surface area contributed by atoms with Crippen LogP contribution in [0.25, 0.3) is 0 Å². The highest BCUT2D eigenvalue weighted by atomic mass is 35.5. The Morgan fingerprint density at radius 2 is 2.18 bits per heavy atom. The van der Waals surface area contributed by atoms with E-state index in [1.54, 1.807) is 6.92 Å². The Balaban J connectivity index is 3.01. The molecule has 1 unspecified atom stereocenters. The molecule has 0 saturated carbocycles. The van der Waals surface area contributed by atoms with Crippen molar-refractivity contribution < 1.29 is 13.5 Å². The van der Waals surface area contributed by atoms with Gasteiger partial charge in [0.1, 0.15) is 10.0 Å². The number of pyridine rings is 1. The number of hydrogen-bond donors (Lipinski definition) is 2. The first-order valence-electron chi connectivity index (χ1n) is 4.85. The number of sulfonamides is 1. The smallest absolute Gasteiger partial charge is 0.242 e. The Bertz CT molecular complexity index is 489. The Labute approximate surface area is 110 Å². The van der Waals surface area contributed by atoms with E-state index in [0.29, 0.717) is 6.42 Å². The van der Waals surface area contributed by atoms with E-state index in [9.17, 15) is 8.42 Å². The van der Waals surface area contributed by atoms with Crippen LogP contribution in [0.5, 0.6) is 0 Å². The normalized spacial score (nSPS) is 13.6. The van der Waals surface area contributed by atoms with E-state index in [0.717, 1.165) is 6.20 Å². The van der Waals surface area contributed by atoms with Gasteiger partial charge in [-0.05, 0) is 12.5 Å². The Morgan fingerprint density at radius 3 is 2.65 bits per heavy atom. The molecule has 1 heterocycles. The summed E-state index contributed by atoms with van der Waals surface area (Å²) < 4.78 is 26.1. The first-order valence-corrected chi connectivity index (χ1v) is 7.08. The molecular formula is C9H12Cl2N2O3S.